The Balaban J connectivity index is 2.50. The van der Waals surface area contributed by atoms with E-state index in [4.69, 9.17) is 0 Å². The Kier molecular flexibility index (Phi) is 6.02. The van der Waals surface area contributed by atoms with Gasteiger partial charge in [0.25, 0.3) is 5.78 Å². The summed E-state index contributed by atoms with van der Waals surface area (Å²) >= 11 is 0. The highest BCUT2D eigenvalue weighted by Crippen LogP contribution is 2.41. The van der Waals surface area contributed by atoms with Crippen LogP contribution in [-0.4, -0.2) is 46.4 Å². The van der Waals surface area contributed by atoms with E-state index in [0.29, 0.717) is 32.4 Å². The molecule has 1 saturated heterocycles. The van der Waals surface area contributed by atoms with E-state index >= 15 is 0 Å². The van der Waals surface area contributed by atoms with Gasteiger partial charge in [0.2, 0.25) is 6.04 Å². The number of carboxylic acid groups (broad SMARTS) is 1. The van der Waals surface area contributed by atoms with Crippen molar-refractivity contribution in [3.63, 3.8) is 0 Å². The van der Waals surface area contributed by atoms with Gasteiger partial charge in [-0.2, -0.15) is 0 Å². The molecule has 0 spiro atoms. The van der Waals surface area contributed by atoms with E-state index in [1.807, 2.05) is 44.2 Å². The number of amides is 1. The second-order valence-corrected chi connectivity index (χ2v) is 7.94. The molecule has 5 nitrogen and oxygen atoms in total. The van der Waals surface area contributed by atoms with Crippen molar-refractivity contribution in [3.8, 4) is 0 Å². The zero-order chi connectivity index (χ0) is 19.5. The summed E-state index contributed by atoms with van der Waals surface area (Å²) in [5, 5.41) is 10.0. The van der Waals surface area contributed by atoms with Gasteiger partial charge in [0.05, 0.1) is 19.0 Å². The van der Waals surface area contributed by atoms with Crippen molar-refractivity contribution in [1.29, 1.82) is 0 Å². The Hall–Kier alpha value is -2.01. The Morgan fingerprint density at radius 1 is 1.15 bits per heavy atom. The average Bonchev–Trinajstić information content (AvgIpc) is 3.02. The quantitative estimate of drug-likeness (QED) is 0.598. The molecule has 0 saturated carbocycles. The lowest BCUT2D eigenvalue weighted by atomic mass is 9.83. The van der Waals surface area contributed by atoms with E-state index in [-0.39, 0.29) is 10.4 Å². The number of rotatable bonds is 7. The number of hydrogen-bond acceptors (Lipinski definition) is 3. The molecule has 5 heteroatoms. The first kappa shape index (κ1) is 20.3. The van der Waals surface area contributed by atoms with Crippen molar-refractivity contribution < 1.29 is 24.0 Å². The predicted molar refractivity (Wildman–Crippen MR) is 99.6 cm³/mol. The fraction of sp³-hybridized carbons (Fsp3) is 0.571. The number of carbonyl (C=O) groups is 3. The van der Waals surface area contributed by atoms with Crippen molar-refractivity contribution in [2.24, 2.45) is 5.41 Å². The molecule has 142 valence electrons. The van der Waals surface area contributed by atoms with Gasteiger partial charge >= 0.3 is 11.9 Å². The maximum Gasteiger partial charge on any atom is 0.383 e. The number of benzene rings is 1. The molecule has 0 aliphatic carbocycles. The molecule has 1 aromatic rings. The van der Waals surface area contributed by atoms with Crippen molar-refractivity contribution in [2.45, 2.75) is 58.9 Å². The summed E-state index contributed by atoms with van der Waals surface area (Å²) in [4.78, 5) is 38.5. The molecule has 1 amide bonds. The van der Waals surface area contributed by atoms with E-state index in [9.17, 15) is 19.5 Å². The van der Waals surface area contributed by atoms with Crippen LogP contribution >= 0.6 is 0 Å². The molecule has 0 aromatic heterocycles. The van der Waals surface area contributed by atoms with Gasteiger partial charge < -0.3 is 5.11 Å². The van der Waals surface area contributed by atoms with Crippen LogP contribution in [0.2, 0.25) is 0 Å². The van der Waals surface area contributed by atoms with Gasteiger partial charge in [-0.25, -0.2) is 14.1 Å². The van der Waals surface area contributed by atoms with Crippen molar-refractivity contribution in [1.82, 2.24) is 0 Å². The highest BCUT2D eigenvalue weighted by Gasteiger charge is 2.59. The van der Waals surface area contributed by atoms with Crippen LogP contribution in [0.1, 0.15) is 58.4 Å². The highest BCUT2D eigenvalue weighted by molar-refractivity contribution is 6.35. The number of hydrogen-bond donors (Lipinski definition) is 1. The monoisotopic (exact) mass is 360 g/mol. The molecular weight excluding hydrogens is 330 g/mol. The van der Waals surface area contributed by atoms with Crippen LogP contribution in [0.4, 0.5) is 0 Å². The van der Waals surface area contributed by atoms with Gasteiger partial charge in [-0.05, 0) is 18.4 Å². The van der Waals surface area contributed by atoms with Crippen molar-refractivity contribution >= 4 is 17.7 Å². The maximum absolute atomic E-state index is 13.3. The molecule has 1 aromatic carbocycles. The fourth-order valence-corrected chi connectivity index (χ4v) is 4.08. The van der Waals surface area contributed by atoms with Crippen LogP contribution in [0.15, 0.2) is 30.3 Å². The standard InChI is InChI=1S/C21H29NO4/c1-5-13-22(19(24)18(23)21(3,4)6-2)14-12-16(17(22)20(25)26)15-10-8-7-9-11-15/h7-11,16-17H,5-6,12-14H2,1-4H3/p+1/t16?,17-,22?/m0/s1. The molecular formula is C21H30NO4+. The normalized spacial score (nSPS) is 25.8. The molecule has 1 heterocycles. The average molecular weight is 360 g/mol. The molecule has 0 bridgehead atoms. The molecule has 1 fully saturated rings. The summed E-state index contributed by atoms with van der Waals surface area (Å²) in [6, 6.07) is 8.56. The number of aliphatic carboxylic acids is 1. The topological polar surface area (TPSA) is 71.4 Å². The molecule has 1 aliphatic rings. The van der Waals surface area contributed by atoms with Crippen LogP contribution in [0.3, 0.4) is 0 Å². The van der Waals surface area contributed by atoms with Gasteiger partial charge in [0.1, 0.15) is 0 Å². The summed E-state index contributed by atoms with van der Waals surface area (Å²) in [6.45, 7) is 8.10. The highest BCUT2D eigenvalue weighted by atomic mass is 16.4. The minimum absolute atomic E-state index is 0.256. The van der Waals surface area contributed by atoms with E-state index in [2.05, 4.69) is 0 Å². The van der Waals surface area contributed by atoms with Crippen molar-refractivity contribution in [3.05, 3.63) is 35.9 Å². The third kappa shape index (κ3) is 3.45. The SMILES string of the molecule is CCC[N+]1(C(=O)C(=O)C(C)(C)CC)CCC(c2ccccc2)[C@H]1C(=O)O. The molecule has 3 atom stereocenters. The summed E-state index contributed by atoms with van der Waals surface area (Å²) in [7, 11) is 0. The molecule has 0 radical (unpaired) electrons. The number of ketones is 1. The van der Waals surface area contributed by atoms with Crippen LogP contribution < -0.4 is 0 Å². The largest absolute Gasteiger partial charge is 0.477 e. The van der Waals surface area contributed by atoms with Crippen molar-refractivity contribution in [2.75, 3.05) is 13.1 Å². The zero-order valence-electron chi connectivity index (χ0n) is 16.2. The van der Waals surface area contributed by atoms with Gasteiger partial charge in [0, 0.05) is 11.8 Å². The lowest BCUT2D eigenvalue weighted by molar-refractivity contribution is -0.855. The van der Waals surface area contributed by atoms with Crippen LogP contribution in [0, 0.1) is 5.41 Å². The molecule has 1 N–H and O–H groups in total. The first-order valence-corrected chi connectivity index (χ1v) is 9.45. The Labute approximate surface area is 155 Å². The first-order chi connectivity index (χ1) is 12.2. The van der Waals surface area contributed by atoms with E-state index in [0.717, 1.165) is 5.56 Å². The number of quaternary nitrogens is 1. The van der Waals surface area contributed by atoms with E-state index < -0.39 is 29.1 Å². The van der Waals surface area contributed by atoms with Crippen LogP contribution in [-0.2, 0) is 14.4 Å². The van der Waals surface area contributed by atoms with Crippen LogP contribution in [0.5, 0.6) is 0 Å². The van der Waals surface area contributed by atoms with E-state index in [1.165, 1.54) is 0 Å². The summed E-state index contributed by atoms with van der Waals surface area (Å²) < 4.78 is -0.256. The second kappa shape index (κ2) is 7.70. The summed E-state index contributed by atoms with van der Waals surface area (Å²) in [5.74, 6) is -2.25. The molecule has 26 heavy (non-hydrogen) atoms. The molecule has 1 aliphatic heterocycles. The smallest absolute Gasteiger partial charge is 0.383 e. The van der Waals surface area contributed by atoms with Gasteiger partial charge in [-0.15, -0.1) is 0 Å². The first-order valence-electron chi connectivity index (χ1n) is 9.45. The van der Waals surface area contributed by atoms with Gasteiger partial charge in [-0.1, -0.05) is 58.0 Å². The second-order valence-electron chi connectivity index (χ2n) is 7.94. The number of nitrogens with zero attached hydrogens (tertiary/aromatic N) is 1. The molecule has 2 unspecified atom stereocenters. The van der Waals surface area contributed by atoms with E-state index in [1.54, 1.807) is 13.8 Å². The maximum atomic E-state index is 13.3. The molecule has 2 rings (SSSR count). The Morgan fingerprint density at radius 3 is 2.27 bits per heavy atom. The minimum Gasteiger partial charge on any atom is -0.477 e. The predicted octanol–water partition coefficient (Wildman–Crippen LogP) is 3.39. The number of Topliss-reactive ketones (excluding diaryl/α,β-unsaturated/α-hetero) is 1. The Bertz CT molecular complexity index is 683. The number of carboxylic acids is 1. The summed E-state index contributed by atoms with van der Waals surface area (Å²) in [6.07, 6.45) is 1.78. The van der Waals surface area contributed by atoms with Gasteiger partial charge in [-0.3, -0.25) is 4.79 Å². The third-order valence-corrected chi connectivity index (χ3v) is 5.95. The van der Waals surface area contributed by atoms with Gasteiger partial charge in [0.15, 0.2) is 0 Å². The third-order valence-electron chi connectivity index (χ3n) is 5.95. The number of carbonyl (C=O) groups excluding carboxylic acids is 2. The minimum atomic E-state index is -1.000. The lowest BCUT2D eigenvalue weighted by Crippen LogP contribution is -2.63. The lowest BCUT2D eigenvalue weighted by Gasteiger charge is -2.37. The Morgan fingerprint density at radius 2 is 1.77 bits per heavy atom. The summed E-state index contributed by atoms with van der Waals surface area (Å²) in [5.41, 5.74) is 0.148. The zero-order valence-corrected chi connectivity index (χ0v) is 16.2. The fourth-order valence-electron chi connectivity index (χ4n) is 4.08. The number of likely N-dealkylation sites (tertiary alicyclic amines) is 1. The van der Waals surface area contributed by atoms with Crippen LogP contribution in [0.25, 0.3) is 0 Å².